The van der Waals surface area contributed by atoms with Crippen LogP contribution in [0.4, 0.5) is 5.82 Å². The van der Waals surface area contributed by atoms with Crippen molar-refractivity contribution in [2.24, 2.45) is 0 Å². The highest BCUT2D eigenvalue weighted by atomic mass is 31.2. The largest absolute Gasteiger partial charge is 0.756 e. The van der Waals surface area contributed by atoms with E-state index in [0.717, 1.165) is 5.56 Å². The third-order valence-corrected chi connectivity index (χ3v) is 4.97. The highest BCUT2D eigenvalue weighted by molar-refractivity contribution is 7.44. The van der Waals surface area contributed by atoms with Gasteiger partial charge in [-0.1, -0.05) is 16.4 Å². The number of pyridine rings is 2. The van der Waals surface area contributed by atoms with Crippen LogP contribution in [0.15, 0.2) is 57.8 Å². The van der Waals surface area contributed by atoms with Gasteiger partial charge in [-0.2, -0.15) is 0 Å². The van der Waals surface area contributed by atoms with Gasteiger partial charge in [0.2, 0.25) is 5.88 Å². The maximum absolute atomic E-state index is 10.8. The summed E-state index contributed by atoms with van der Waals surface area (Å²) in [6.45, 7) is 1.58. The quantitative estimate of drug-likeness (QED) is 0.266. The van der Waals surface area contributed by atoms with Gasteiger partial charge in [-0.25, -0.2) is 9.55 Å². The maximum Gasteiger partial charge on any atom is 0.285 e. The molecule has 13 heteroatoms. The van der Waals surface area contributed by atoms with Gasteiger partial charge in [0, 0.05) is 30.8 Å². The smallest absolute Gasteiger partial charge is 0.285 e. The Balaban J connectivity index is 1.40. The molecule has 0 bridgehead atoms. The summed E-state index contributed by atoms with van der Waals surface area (Å²) >= 11 is 0. The third kappa shape index (κ3) is 6.02. The average Bonchev–Trinajstić information content (AvgIpc) is 3.41. The lowest BCUT2D eigenvalue weighted by Gasteiger charge is -2.14. The van der Waals surface area contributed by atoms with Gasteiger partial charge in [0.15, 0.2) is 12.5 Å². The highest BCUT2D eigenvalue weighted by Gasteiger charge is 2.18. The van der Waals surface area contributed by atoms with Crippen molar-refractivity contribution in [3.63, 3.8) is 0 Å². The van der Waals surface area contributed by atoms with Gasteiger partial charge in [-0.3, -0.25) is 14.8 Å². The van der Waals surface area contributed by atoms with Crippen LogP contribution in [0.1, 0.15) is 22.7 Å². The van der Waals surface area contributed by atoms with Crippen molar-refractivity contribution in [1.82, 2.24) is 15.3 Å². The Morgan fingerprint density at radius 3 is 2.73 bits per heavy atom. The molecule has 1 unspecified atom stereocenters. The first-order chi connectivity index (χ1) is 15.8. The number of phosphoric acid groups is 1. The third-order valence-electron chi connectivity index (χ3n) is 4.53. The van der Waals surface area contributed by atoms with Crippen LogP contribution in [-0.2, 0) is 28.8 Å². The molecule has 0 radical (unpaired) electrons. The lowest BCUT2D eigenvalue weighted by molar-refractivity contribution is -0.712. The maximum atomic E-state index is 10.8. The molecule has 12 nitrogen and oxygen atoms in total. The van der Waals surface area contributed by atoms with Crippen molar-refractivity contribution in [2.75, 3.05) is 5.73 Å². The van der Waals surface area contributed by atoms with E-state index in [1.54, 1.807) is 43.5 Å². The van der Waals surface area contributed by atoms with Crippen LogP contribution in [0, 0.1) is 6.92 Å². The Bertz CT molecular complexity index is 1280. The van der Waals surface area contributed by atoms with Gasteiger partial charge < -0.3 is 23.6 Å². The molecule has 0 amide bonds. The van der Waals surface area contributed by atoms with Crippen LogP contribution in [0.25, 0.3) is 11.3 Å². The number of ether oxygens (including phenoxy) is 1. The van der Waals surface area contributed by atoms with E-state index < -0.39 is 14.6 Å². The van der Waals surface area contributed by atoms with E-state index >= 15 is 0 Å². The van der Waals surface area contributed by atoms with Gasteiger partial charge in [0.05, 0.1) is 11.9 Å². The molecule has 0 aliphatic rings. The number of aromatic nitrogens is 4. The van der Waals surface area contributed by atoms with Gasteiger partial charge in [-0.15, -0.1) is 0 Å². The lowest BCUT2D eigenvalue weighted by Crippen LogP contribution is -2.38. The van der Waals surface area contributed by atoms with Crippen LogP contribution in [0.2, 0.25) is 0 Å². The number of nitrogens with zero attached hydrogens (tertiary/aromatic N) is 4. The molecule has 0 fully saturated rings. The van der Waals surface area contributed by atoms with Crippen LogP contribution < -0.4 is 19.9 Å². The van der Waals surface area contributed by atoms with E-state index in [2.05, 4.69) is 19.8 Å². The fraction of sp³-hybridized carbons (Fsp3) is 0.200. The first kappa shape index (κ1) is 22.6. The second-order valence-electron chi connectivity index (χ2n) is 7.09. The Hall–Kier alpha value is -3.57. The van der Waals surface area contributed by atoms with Crippen molar-refractivity contribution >= 4 is 13.6 Å². The van der Waals surface area contributed by atoms with E-state index in [0.29, 0.717) is 40.8 Å². The molecule has 0 aromatic carbocycles. The summed E-state index contributed by atoms with van der Waals surface area (Å²) in [5.74, 6) is 1.73. The first-order valence-electron chi connectivity index (χ1n) is 9.69. The molecule has 0 spiro atoms. The van der Waals surface area contributed by atoms with E-state index in [4.69, 9.17) is 24.4 Å². The van der Waals surface area contributed by atoms with Crippen LogP contribution >= 0.6 is 7.82 Å². The molecule has 33 heavy (non-hydrogen) atoms. The minimum atomic E-state index is -4.88. The zero-order valence-corrected chi connectivity index (χ0v) is 18.3. The summed E-state index contributed by atoms with van der Waals surface area (Å²) in [6.07, 6.45) is 3.64. The van der Waals surface area contributed by atoms with E-state index in [1.807, 2.05) is 6.07 Å². The number of hydrogen-bond donors (Lipinski definition) is 2. The molecule has 0 aliphatic heterocycles. The fourth-order valence-corrected chi connectivity index (χ4v) is 3.26. The van der Waals surface area contributed by atoms with E-state index in [1.165, 1.54) is 10.8 Å². The molecule has 1 atom stereocenters. The molecule has 4 aromatic heterocycles. The zero-order chi connectivity index (χ0) is 23.4. The summed E-state index contributed by atoms with van der Waals surface area (Å²) in [4.78, 5) is 23.9. The Morgan fingerprint density at radius 2 is 2.03 bits per heavy atom. The summed E-state index contributed by atoms with van der Waals surface area (Å²) in [5, 5.41) is 7.92. The van der Waals surface area contributed by atoms with Gasteiger partial charge in [-0.05, 0) is 24.6 Å². The summed E-state index contributed by atoms with van der Waals surface area (Å²) < 4.78 is 32.5. The van der Waals surface area contributed by atoms with Crippen molar-refractivity contribution in [1.29, 1.82) is 0 Å². The Kier molecular flexibility index (Phi) is 6.52. The number of nitrogen functional groups attached to an aromatic ring is 1. The van der Waals surface area contributed by atoms with Crippen molar-refractivity contribution in [2.45, 2.75) is 26.7 Å². The zero-order valence-electron chi connectivity index (χ0n) is 17.5. The summed E-state index contributed by atoms with van der Waals surface area (Å²) in [5.41, 5.74) is 8.78. The average molecular weight is 473 g/mol. The summed E-state index contributed by atoms with van der Waals surface area (Å²) in [7, 11) is -4.88. The number of nitrogens with two attached hydrogens (primary N) is 1. The molecule has 4 aromatic rings. The predicted molar refractivity (Wildman–Crippen MR) is 110 cm³/mol. The standard InChI is InChI=1S/C20H20N5O7P/c1-13-7-16(24-31-13)11-29-19-5-4-14(10-22-19)8-15-9-18(32-23-15)17-3-2-6-25(20(17)21)12-30-33(26,27)28/h2-7,9-10,21H,8,11-12H2,1H3,(H2,26,27,28). The first-order valence-corrected chi connectivity index (χ1v) is 11.2. The number of aryl methyl sites for hydroxylation is 1. The highest BCUT2D eigenvalue weighted by Crippen LogP contribution is 2.30. The van der Waals surface area contributed by atoms with Gasteiger partial charge in [0.25, 0.3) is 13.6 Å². The molecule has 3 N–H and O–H groups in total. The number of anilines is 1. The van der Waals surface area contributed by atoms with Crippen molar-refractivity contribution in [3.8, 4) is 17.2 Å². The molecule has 172 valence electrons. The van der Waals surface area contributed by atoms with E-state index in [9.17, 15) is 9.46 Å². The molecule has 0 saturated heterocycles. The van der Waals surface area contributed by atoms with Crippen LogP contribution in [0.5, 0.6) is 5.88 Å². The SMILES string of the molecule is Cc1cc(COc2ccc(Cc3cc(-c4ccc[n+](COP(=O)([O-])O)c4N)on3)cn2)no1. The second kappa shape index (κ2) is 9.51. The second-order valence-corrected chi connectivity index (χ2v) is 8.28. The molecule has 0 aliphatic carbocycles. The molecule has 4 rings (SSSR count). The minimum absolute atomic E-state index is 0.180. The van der Waals surface area contributed by atoms with Gasteiger partial charge in [0.1, 0.15) is 23.6 Å². The molecule has 4 heterocycles. The number of phosphoric ester groups is 1. The molecular formula is C20H20N5O7P. The van der Waals surface area contributed by atoms with Gasteiger partial charge >= 0.3 is 0 Å². The van der Waals surface area contributed by atoms with Crippen molar-refractivity contribution in [3.05, 3.63) is 71.5 Å². The number of hydrogen-bond acceptors (Lipinski definition) is 10. The molecule has 0 saturated carbocycles. The molecular weight excluding hydrogens is 453 g/mol. The number of rotatable bonds is 9. The van der Waals surface area contributed by atoms with Crippen LogP contribution in [-0.4, -0.2) is 20.2 Å². The Labute approximate surface area is 187 Å². The normalized spacial score (nSPS) is 13.1. The van der Waals surface area contributed by atoms with Crippen LogP contribution in [0.3, 0.4) is 0 Å². The minimum Gasteiger partial charge on any atom is -0.756 e. The van der Waals surface area contributed by atoms with E-state index in [-0.39, 0.29) is 12.4 Å². The predicted octanol–water partition coefficient (Wildman–Crippen LogP) is 1.51. The Morgan fingerprint density at radius 1 is 1.21 bits per heavy atom. The monoisotopic (exact) mass is 473 g/mol. The summed E-state index contributed by atoms with van der Waals surface area (Å²) in [6, 6.07) is 10.4. The fourth-order valence-electron chi connectivity index (χ4n) is 2.99. The topological polar surface area (TPSA) is 174 Å². The lowest BCUT2D eigenvalue weighted by atomic mass is 10.1. The van der Waals surface area contributed by atoms with Crippen molar-refractivity contribution < 1.29 is 37.2 Å².